The van der Waals surface area contributed by atoms with Gasteiger partial charge < -0.3 is 9.47 Å². The number of fused-ring (bicyclic) bond motifs is 1. The fraction of sp³-hybridized carbons (Fsp3) is 0.500. The number of rotatable bonds is 2. The number of halogens is 2. The minimum absolute atomic E-state index is 0.377. The van der Waals surface area contributed by atoms with E-state index in [4.69, 9.17) is 9.47 Å². The lowest BCUT2D eigenvalue weighted by atomic mass is 9.88. The molecule has 106 valence electrons. The van der Waals surface area contributed by atoms with Crippen molar-refractivity contribution >= 4 is 22.0 Å². The molecule has 0 saturated heterocycles. The van der Waals surface area contributed by atoms with E-state index in [-0.39, 0.29) is 0 Å². The van der Waals surface area contributed by atoms with Crippen LogP contribution in [-0.4, -0.2) is 19.3 Å². The van der Waals surface area contributed by atoms with Crippen LogP contribution in [-0.2, 0) is 10.3 Å². The summed E-state index contributed by atoms with van der Waals surface area (Å²) in [7, 11) is 0. The molecule has 3 rings (SSSR count). The van der Waals surface area contributed by atoms with Gasteiger partial charge in [-0.25, -0.2) is 9.18 Å². The van der Waals surface area contributed by atoms with Crippen molar-refractivity contribution in [2.75, 3.05) is 13.2 Å². The van der Waals surface area contributed by atoms with E-state index in [1.807, 2.05) is 0 Å². The number of hydrogen-bond acceptors (Lipinski definition) is 4. The first kappa shape index (κ1) is 13.6. The lowest BCUT2D eigenvalue weighted by Crippen LogP contribution is -2.24. The van der Waals surface area contributed by atoms with Gasteiger partial charge in [0, 0.05) is 11.6 Å². The van der Waals surface area contributed by atoms with Gasteiger partial charge in [-0.2, -0.15) is 4.99 Å². The van der Waals surface area contributed by atoms with Crippen LogP contribution in [0.15, 0.2) is 15.5 Å². The Labute approximate surface area is 124 Å². The highest BCUT2D eigenvalue weighted by Gasteiger charge is 2.41. The van der Waals surface area contributed by atoms with Crippen molar-refractivity contribution in [3.05, 3.63) is 21.9 Å². The Morgan fingerprint density at radius 2 is 2.00 bits per heavy atom. The quantitative estimate of drug-likeness (QED) is 0.611. The highest BCUT2D eigenvalue weighted by molar-refractivity contribution is 9.10. The van der Waals surface area contributed by atoms with Crippen molar-refractivity contribution in [1.29, 1.82) is 0 Å². The van der Waals surface area contributed by atoms with Crippen LogP contribution < -0.4 is 9.47 Å². The van der Waals surface area contributed by atoms with Crippen molar-refractivity contribution in [3.63, 3.8) is 0 Å². The second-order valence-electron chi connectivity index (χ2n) is 5.01. The van der Waals surface area contributed by atoms with Gasteiger partial charge in [0.25, 0.3) is 0 Å². The van der Waals surface area contributed by atoms with Gasteiger partial charge in [0.05, 0.1) is 4.47 Å². The molecule has 0 spiro atoms. The standard InChI is InChI=1S/C14H13BrFNO3/c15-12-11(14(17-8-18)3-1-2-4-14)9(16)7-10-13(12)20-6-5-19-10/h7H,1-6H2. The first-order valence-electron chi connectivity index (χ1n) is 6.55. The van der Waals surface area contributed by atoms with Crippen LogP contribution in [0.4, 0.5) is 4.39 Å². The lowest BCUT2D eigenvalue weighted by molar-refractivity contribution is 0.168. The van der Waals surface area contributed by atoms with Gasteiger partial charge in [-0.1, -0.05) is 12.8 Å². The fourth-order valence-corrected chi connectivity index (χ4v) is 3.88. The van der Waals surface area contributed by atoms with Gasteiger partial charge in [-0.3, -0.25) is 0 Å². The van der Waals surface area contributed by atoms with Gasteiger partial charge in [0.2, 0.25) is 6.08 Å². The molecule has 1 aromatic rings. The van der Waals surface area contributed by atoms with Crippen LogP contribution >= 0.6 is 15.9 Å². The van der Waals surface area contributed by atoms with Crippen molar-refractivity contribution in [2.24, 2.45) is 4.99 Å². The molecular weight excluding hydrogens is 329 g/mol. The third-order valence-corrected chi connectivity index (χ3v) is 4.64. The number of benzene rings is 1. The Morgan fingerprint density at radius 1 is 1.30 bits per heavy atom. The summed E-state index contributed by atoms with van der Waals surface area (Å²) >= 11 is 3.40. The van der Waals surface area contributed by atoms with E-state index in [1.54, 1.807) is 6.08 Å². The van der Waals surface area contributed by atoms with Gasteiger partial charge in [-0.05, 0) is 28.8 Å². The van der Waals surface area contributed by atoms with E-state index in [9.17, 15) is 9.18 Å². The van der Waals surface area contributed by atoms with Gasteiger partial charge in [0.15, 0.2) is 11.5 Å². The molecule has 0 unspecified atom stereocenters. The molecule has 0 aromatic heterocycles. The molecule has 1 heterocycles. The molecule has 4 nitrogen and oxygen atoms in total. The number of carbonyl (C=O) groups excluding carboxylic acids is 1. The summed E-state index contributed by atoms with van der Waals surface area (Å²) in [5.74, 6) is 0.439. The predicted molar refractivity (Wildman–Crippen MR) is 73.4 cm³/mol. The lowest BCUT2D eigenvalue weighted by Gasteiger charge is -2.28. The third-order valence-electron chi connectivity index (χ3n) is 3.88. The van der Waals surface area contributed by atoms with Crippen molar-refractivity contribution in [2.45, 2.75) is 31.2 Å². The topological polar surface area (TPSA) is 47.9 Å². The molecule has 0 atom stereocenters. The second kappa shape index (κ2) is 5.19. The maximum absolute atomic E-state index is 14.5. The maximum Gasteiger partial charge on any atom is 0.235 e. The molecule has 0 N–H and O–H groups in total. The molecule has 6 heteroatoms. The molecule has 0 amide bonds. The van der Waals surface area contributed by atoms with Crippen LogP contribution in [0.3, 0.4) is 0 Å². The summed E-state index contributed by atoms with van der Waals surface area (Å²) in [6, 6.07) is 1.31. The summed E-state index contributed by atoms with van der Waals surface area (Å²) in [6.45, 7) is 0.816. The SMILES string of the molecule is O=C=NC1(c2c(F)cc3c(c2Br)OCCO3)CCCC1. The number of hydrogen-bond donors (Lipinski definition) is 0. The zero-order valence-corrected chi connectivity index (χ0v) is 12.3. The normalized spacial score (nSPS) is 19.5. The number of aliphatic imine (C=N–C) groups is 1. The Balaban J connectivity index is 2.20. The second-order valence-corrected chi connectivity index (χ2v) is 5.81. The number of ether oxygens (including phenoxy) is 2. The highest BCUT2D eigenvalue weighted by Crippen LogP contribution is 2.51. The average molecular weight is 342 g/mol. The molecule has 2 aliphatic rings. The maximum atomic E-state index is 14.5. The highest BCUT2D eigenvalue weighted by atomic mass is 79.9. The van der Waals surface area contributed by atoms with Crippen LogP contribution in [0.5, 0.6) is 11.5 Å². The van der Waals surface area contributed by atoms with Crippen molar-refractivity contribution in [3.8, 4) is 11.5 Å². The third kappa shape index (κ3) is 2.03. The zero-order chi connectivity index (χ0) is 14.2. The zero-order valence-electron chi connectivity index (χ0n) is 10.7. The van der Waals surface area contributed by atoms with E-state index < -0.39 is 11.4 Å². The fourth-order valence-electron chi connectivity index (χ4n) is 3.01. The average Bonchev–Trinajstić information content (AvgIpc) is 2.88. The van der Waals surface area contributed by atoms with E-state index in [1.165, 1.54) is 6.07 Å². The first-order valence-corrected chi connectivity index (χ1v) is 7.34. The Bertz CT molecular complexity index is 593. The molecule has 1 aliphatic heterocycles. The molecular formula is C14H13BrFNO3. The van der Waals surface area contributed by atoms with Gasteiger partial charge in [0.1, 0.15) is 24.6 Å². The van der Waals surface area contributed by atoms with E-state index in [0.29, 0.717) is 47.6 Å². The Morgan fingerprint density at radius 3 is 2.70 bits per heavy atom. The predicted octanol–water partition coefficient (Wildman–Crippen LogP) is 3.46. The molecule has 0 radical (unpaired) electrons. The minimum Gasteiger partial charge on any atom is -0.486 e. The first-order chi connectivity index (χ1) is 9.68. The van der Waals surface area contributed by atoms with E-state index in [2.05, 4.69) is 20.9 Å². The van der Waals surface area contributed by atoms with Crippen LogP contribution in [0.25, 0.3) is 0 Å². The summed E-state index contributed by atoms with van der Waals surface area (Å²) in [6.07, 6.45) is 4.69. The van der Waals surface area contributed by atoms with Crippen molar-refractivity contribution in [1.82, 2.24) is 0 Å². The summed E-state index contributed by atoms with van der Waals surface area (Å²) in [4.78, 5) is 14.7. The summed E-state index contributed by atoms with van der Waals surface area (Å²) < 4.78 is 25.9. The van der Waals surface area contributed by atoms with Gasteiger partial charge in [-0.15, -0.1) is 0 Å². The Kier molecular flexibility index (Phi) is 3.52. The van der Waals surface area contributed by atoms with Crippen LogP contribution in [0.1, 0.15) is 31.2 Å². The van der Waals surface area contributed by atoms with Crippen molar-refractivity contribution < 1.29 is 18.7 Å². The number of isocyanates is 1. The largest absolute Gasteiger partial charge is 0.486 e. The van der Waals surface area contributed by atoms with E-state index in [0.717, 1.165) is 12.8 Å². The molecule has 20 heavy (non-hydrogen) atoms. The smallest absolute Gasteiger partial charge is 0.235 e. The summed E-state index contributed by atoms with van der Waals surface area (Å²) in [5.41, 5.74) is -0.455. The summed E-state index contributed by atoms with van der Waals surface area (Å²) in [5, 5.41) is 0. The molecule has 0 bridgehead atoms. The minimum atomic E-state index is -0.833. The molecule has 1 saturated carbocycles. The molecule has 1 fully saturated rings. The van der Waals surface area contributed by atoms with E-state index >= 15 is 0 Å². The Hall–Kier alpha value is -1.39. The van der Waals surface area contributed by atoms with Gasteiger partial charge >= 0.3 is 0 Å². The molecule has 1 aliphatic carbocycles. The monoisotopic (exact) mass is 341 g/mol. The number of nitrogens with zero attached hydrogens (tertiary/aromatic N) is 1. The van der Waals surface area contributed by atoms with Crippen LogP contribution in [0, 0.1) is 5.82 Å². The molecule has 1 aromatic carbocycles. The van der Waals surface area contributed by atoms with Crippen LogP contribution in [0.2, 0.25) is 0 Å².